The lowest BCUT2D eigenvalue weighted by molar-refractivity contribution is -0.256. The highest BCUT2D eigenvalue weighted by molar-refractivity contribution is 6.02. The molecule has 1 spiro atoms. The number of halogens is 6. The summed E-state index contributed by atoms with van der Waals surface area (Å²) in [6, 6.07) is -3.32. The van der Waals surface area contributed by atoms with E-state index in [0.717, 1.165) is 9.80 Å². The molecule has 0 aromatic heterocycles. The molecule has 4 heterocycles. The average molecular weight is 594 g/mol. The summed E-state index contributed by atoms with van der Waals surface area (Å²) >= 11 is 0. The number of nitrogens with one attached hydrogen (secondary N) is 2. The lowest BCUT2D eigenvalue weighted by atomic mass is 9.85. The van der Waals surface area contributed by atoms with Crippen LogP contribution < -0.4 is 22.1 Å². The Balaban J connectivity index is 1.49. The highest BCUT2D eigenvalue weighted by Gasteiger charge is 2.74. The van der Waals surface area contributed by atoms with Crippen molar-refractivity contribution >= 4 is 29.8 Å². The molecule has 0 radical (unpaired) electrons. The van der Waals surface area contributed by atoms with Gasteiger partial charge in [-0.1, -0.05) is 0 Å². The number of nitrogens with two attached hydrogens (primary N) is 2. The van der Waals surface area contributed by atoms with Gasteiger partial charge in [-0.15, -0.1) is 0 Å². The van der Waals surface area contributed by atoms with Gasteiger partial charge in [0.25, 0.3) is 0 Å². The van der Waals surface area contributed by atoms with E-state index in [9.17, 15) is 50.9 Å². The molecular weight excluding hydrogens is 574 g/mol. The predicted molar refractivity (Wildman–Crippen MR) is 121 cm³/mol. The van der Waals surface area contributed by atoms with E-state index in [-0.39, 0.29) is 24.7 Å². The zero-order valence-electron chi connectivity index (χ0n) is 20.3. The molecule has 0 saturated carbocycles. The number of benzene rings is 1. The lowest BCUT2D eigenvalue weighted by Gasteiger charge is -2.48. The summed E-state index contributed by atoms with van der Waals surface area (Å²) in [7, 11) is 0. The monoisotopic (exact) mass is 594 g/mol. The van der Waals surface area contributed by atoms with Gasteiger partial charge in [0.2, 0.25) is 11.7 Å². The third-order valence-electron chi connectivity index (χ3n) is 7.18. The van der Waals surface area contributed by atoms with Crippen LogP contribution in [0.2, 0.25) is 0 Å². The number of hydrogen-bond acceptors (Lipinski definition) is 12. The van der Waals surface area contributed by atoms with Gasteiger partial charge < -0.3 is 42.0 Å². The molecule has 2 saturated heterocycles. The number of hydrogen-bond donors (Lipinski definition) is 6. The van der Waals surface area contributed by atoms with Gasteiger partial charge in [0.15, 0.2) is 23.7 Å². The molecule has 2 fully saturated rings. The van der Waals surface area contributed by atoms with Crippen molar-refractivity contribution in [2.75, 3.05) is 19.6 Å². The van der Waals surface area contributed by atoms with Crippen LogP contribution in [-0.4, -0.2) is 99.1 Å². The number of imide groups is 1. The van der Waals surface area contributed by atoms with Gasteiger partial charge in [0, 0.05) is 0 Å². The molecule has 3 amide bonds. The van der Waals surface area contributed by atoms with Crippen LogP contribution in [0.3, 0.4) is 0 Å². The molecule has 4 aliphatic heterocycles. The minimum Gasteiger partial charge on any atom is -0.451 e. The second-order valence-electron chi connectivity index (χ2n) is 9.55. The van der Waals surface area contributed by atoms with Crippen LogP contribution in [0.1, 0.15) is 21.5 Å². The summed E-state index contributed by atoms with van der Waals surface area (Å²) in [6.45, 7) is -1.51. The Bertz CT molecular complexity index is 1380. The highest BCUT2D eigenvalue weighted by atomic mass is 19.4. The first-order valence-electron chi connectivity index (χ1n) is 11.6. The topological polar surface area (TPSA) is 208 Å². The van der Waals surface area contributed by atoms with E-state index < -0.39 is 102 Å². The van der Waals surface area contributed by atoms with E-state index in [4.69, 9.17) is 16.2 Å². The Hall–Kier alpha value is -4.33. The minimum atomic E-state index is -5.27. The molecule has 20 heteroatoms. The number of urea groups is 1. The van der Waals surface area contributed by atoms with Gasteiger partial charge in [-0.2, -0.15) is 26.3 Å². The second-order valence-corrected chi connectivity index (χ2v) is 9.55. The first kappa shape index (κ1) is 28.2. The molecule has 0 unspecified atom stereocenters. The number of carbonyl (C=O) groups is 3. The molecule has 8 N–H and O–H groups in total. The van der Waals surface area contributed by atoms with Gasteiger partial charge in [0.1, 0.15) is 6.04 Å². The summed E-state index contributed by atoms with van der Waals surface area (Å²) in [5.41, 5.74) is 4.67. The molecule has 41 heavy (non-hydrogen) atoms. The van der Waals surface area contributed by atoms with Crippen LogP contribution in [0, 0.1) is 0 Å². The van der Waals surface area contributed by atoms with Crippen molar-refractivity contribution in [1.29, 1.82) is 0 Å². The largest absolute Gasteiger partial charge is 0.451 e. The Kier molecular flexibility index (Phi) is 6.08. The summed E-state index contributed by atoms with van der Waals surface area (Å²) < 4.78 is 85.3. The van der Waals surface area contributed by atoms with Crippen LogP contribution in [0.15, 0.2) is 28.2 Å². The minimum absolute atomic E-state index is 0.0509. The third-order valence-corrected chi connectivity index (χ3v) is 7.18. The van der Waals surface area contributed by atoms with Crippen molar-refractivity contribution in [3.05, 3.63) is 34.9 Å². The number of carbonyl (C=O) groups excluding carboxylic acids is 3. The van der Waals surface area contributed by atoms with Gasteiger partial charge in [-0.3, -0.25) is 9.69 Å². The molecule has 222 valence electrons. The van der Waals surface area contributed by atoms with Gasteiger partial charge in [-0.05, 0) is 18.2 Å². The smallest absolute Gasteiger partial charge is 0.417 e. The Morgan fingerprint density at radius 2 is 1.80 bits per heavy atom. The van der Waals surface area contributed by atoms with Crippen LogP contribution >= 0.6 is 0 Å². The van der Waals surface area contributed by atoms with Gasteiger partial charge in [-0.25, -0.2) is 19.6 Å². The number of aliphatic hydroxyl groups is 2. The molecule has 14 nitrogen and oxygen atoms in total. The number of nitrogens with zero attached hydrogens (tertiary/aromatic N) is 4. The quantitative estimate of drug-likeness (QED) is 0.103. The van der Waals surface area contributed by atoms with Gasteiger partial charge in [0.05, 0.1) is 42.4 Å². The Labute approximate surface area is 224 Å². The summed E-state index contributed by atoms with van der Waals surface area (Å²) in [6.07, 6.45) is -12.5. The van der Waals surface area contributed by atoms with E-state index in [2.05, 4.69) is 20.6 Å². The van der Waals surface area contributed by atoms with Crippen molar-refractivity contribution in [2.24, 2.45) is 21.5 Å². The molecule has 4 atom stereocenters. The summed E-state index contributed by atoms with van der Waals surface area (Å²) in [4.78, 5) is 47.0. The fourth-order valence-electron chi connectivity index (χ4n) is 5.33. The van der Waals surface area contributed by atoms with Crippen molar-refractivity contribution in [2.45, 2.75) is 42.0 Å². The van der Waals surface area contributed by atoms with E-state index in [1.54, 1.807) is 0 Å². The molecule has 1 aromatic rings. The van der Waals surface area contributed by atoms with E-state index in [1.165, 1.54) is 0 Å². The Morgan fingerprint density at radius 1 is 1.12 bits per heavy atom. The molecule has 0 bridgehead atoms. The van der Waals surface area contributed by atoms with Crippen molar-refractivity contribution in [3.63, 3.8) is 0 Å². The fraction of sp³-hybridized carbons (Fsp3) is 0.476. The van der Waals surface area contributed by atoms with E-state index >= 15 is 0 Å². The summed E-state index contributed by atoms with van der Waals surface area (Å²) in [5, 5.41) is 27.4. The van der Waals surface area contributed by atoms with Crippen LogP contribution in [0.25, 0.3) is 0 Å². The van der Waals surface area contributed by atoms with Crippen molar-refractivity contribution in [3.8, 4) is 0 Å². The molecule has 4 aliphatic rings. The number of amides is 3. The number of aliphatic imine (C=N–C) groups is 2. The third kappa shape index (κ3) is 4.24. The number of alkyl halides is 6. The zero-order chi connectivity index (χ0) is 30.3. The maximum absolute atomic E-state index is 13.6. The molecule has 1 aromatic carbocycles. The number of ether oxygens (including phenoxy) is 1. The lowest BCUT2D eigenvalue weighted by Crippen LogP contribution is -2.77. The molecular formula is C21H20F6N8O6. The Morgan fingerprint density at radius 3 is 2.39 bits per heavy atom. The number of guanidine groups is 2. The van der Waals surface area contributed by atoms with Crippen molar-refractivity contribution in [1.82, 2.24) is 20.4 Å². The van der Waals surface area contributed by atoms with E-state index in [0.29, 0.717) is 0 Å². The maximum atomic E-state index is 13.6. The van der Waals surface area contributed by atoms with Crippen LogP contribution in [0.4, 0.5) is 31.1 Å². The first-order valence-corrected chi connectivity index (χ1v) is 11.6. The standard InChI is InChI=1S/C21H20F6N8O6/c22-20(23,24)7-1-2-9(21(25,26)27)8(3-7)14(37)41-11-6-35-16(29)31-10(5-34-12(36)4-30-17(34)38)13-18(35,19(11,39)40)33-15(28)32-13/h1-3,10-11,13,39-40H,4-6H2,(H2,29,31)(H,30,38)(H3,28,32,33)/t10-,11-,13-,18-/m0/s1. The van der Waals surface area contributed by atoms with Crippen LogP contribution in [0.5, 0.6) is 0 Å². The van der Waals surface area contributed by atoms with E-state index in [1.807, 2.05) is 0 Å². The van der Waals surface area contributed by atoms with Gasteiger partial charge >= 0.3 is 24.4 Å². The SMILES string of the molecule is NC1=N[C@H]2[C@H](CN3C(=O)CNC3=O)N=C(N)N3C[C@H](OC(=O)c4cc(C(F)(F)F)ccc4C(F)(F)F)C(O)(O)[C@]23N1. The molecule has 5 rings (SSSR count). The molecule has 0 aliphatic carbocycles. The normalized spacial score (nSPS) is 28.9. The zero-order valence-corrected chi connectivity index (χ0v) is 20.3. The number of esters is 1. The predicted octanol–water partition coefficient (Wildman–Crippen LogP) is -1.52. The van der Waals surface area contributed by atoms with Crippen molar-refractivity contribution < 1.29 is 55.7 Å². The second kappa shape index (κ2) is 8.83. The number of rotatable bonds is 4. The average Bonchev–Trinajstić information content (AvgIpc) is 3.45. The fourth-order valence-corrected chi connectivity index (χ4v) is 5.33. The first-order chi connectivity index (χ1) is 18.9. The highest BCUT2D eigenvalue weighted by Crippen LogP contribution is 2.46. The van der Waals surface area contributed by atoms with Crippen LogP contribution in [-0.2, 0) is 21.9 Å². The maximum Gasteiger partial charge on any atom is 0.417 e. The summed E-state index contributed by atoms with van der Waals surface area (Å²) in [5.74, 6) is -6.71.